The van der Waals surface area contributed by atoms with Crippen molar-refractivity contribution in [3.63, 3.8) is 0 Å². The van der Waals surface area contributed by atoms with Gasteiger partial charge in [-0.3, -0.25) is 0 Å². The summed E-state index contributed by atoms with van der Waals surface area (Å²) in [6.07, 6.45) is 4.19. The minimum atomic E-state index is 0.817. The van der Waals surface area contributed by atoms with Crippen LogP contribution in [0.1, 0.15) is 18.2 Å². The molecular weight excluding hydrogens is 298 g/mol. The molecule has 0 amide bonds. The van der Waals surface area contributed by atoms with Crippen molar-refractivity contribution in [3.8, 4) is 11.5 Å². The first-order valence-corrected chi connectivity index (χ1v) is 8.08. The summed E-state index contributed by atoms with van der Waals surface area (Å²) >= 11 is 0. The average molecular weight is 320 g/mol. The van der Waals surface area contributed by atoms with Gasteiger partial charge in [0.2, 0.25) is 11.2 Å². The summed E-state index contributed by atoms with van der Waals surface area (Å²) in [7, 11) is 3.35. The maximum Gasteiger partial charge on any atom is 0.212 e. The number of ether oxygens (including phenoxy) is 2. The molecule has 0 fully saturated rings. The number of rotatable bonds is 5. The van der Waals surface area contributed by atoms with Gasteiger partial charge in [0.25, 0.3) is 0 Å². The zero-order valence-electron chi connectivity index (χ0n) is 14.3. The Bertz CT molecular complexity index is 884. The molecule has 122 valence electrons. The second-order valence-electron chi connectivity index (χ2n) is 5.50. The van der Waals surface area contributed by atoms with E-state index in [2.05, 4.69) is 60.0 Å². The number of hydrogen-bond acceptors (Lipinski definition) is 2. The van der Waals surface area contributed by atoms with Crippen LogP contribution in [0, 0.1) is 0 Å². The average Bonchev–Trinajstić information content (AvgIpc) is 2.65. The van der Waals surface area contributed by atoms with E-state index in [0.717, 1.165) is 29.3 Å². The molecule has 0 N–H and O–H groups in total. The van der Waals surface area contributed by atoms with Gasteiger partial charge in [0.1, 0.15) is 18.0 Å². The van der Waals surface area contributed by atoms with Gasteiger partial charge in [-0.25, -0.2) is 0 Å². The Morgan fingerprint density at radius 1 is 0.917 bits per heavy atom. The Hall–Kier alpha value is -2.81. The van der Waals surface area contributed by atoms with Crippen LogP contribution in [0.4, 0.5) is 0 Å². The highest BCUT2D eigenvalue weighted by molar-refractivity contribution is 5.78. The SMILES string of the molecule is CC[n+]1c(/C=C/c2cc(OC)ccc2OC)ccc2ccccc21. The predicted octanol–water partition coefficient (Wildman–Crippen LogP) is 4.33. The highest BCUT2D eigenvalue weighted by Gasteiger charge is 2.11. The van der Waals surface area contributed by atoms with E-state index < -0.39 is 0 Å². The first-order chi connectivity index (χ1) is 11.8. The second-order valence-corrected chi connectivity index (χ2v) is 5.50. The molecule has 0 aliphatic rings. The Morgan fingerprint density at radius 2 is 1.75 bits per heavy atom. The number of nitrogens with zero attached hydrogens (tertiary/aromatic N) is 1. The normalized spacial score (nSPS) is 11.1. The van der Waals surface area contributed by atoms with Gasteiger partial charge in [0, 0.05) is 29.2 Å². The van der Waals surface area contributed by atoms with Gasteiger partial charge < -0.3 is 9.47 Å². The Kier molecular flexibility index (Phi) is 4.80. The number of fused-ring (bicyclic) bond motifs is 1. The van der Waals surface area contributed by atoms with Crippen molar-refractivity contribution in [2.45, 2.75) is 13.5 Å². The van der Waals surface area contributed by atoms with Crippen molar-refractivity contribution >= 4 is 23.1 Å². The highest BCUT2D eigenvalue weighted by Crippen LogP contribution is 2.25. The molecule has 0 radical (unpaired) electrons. The molecule has 0 spiro atoms. The number of benzene rings is 2. The fraction of sp³-hybridized carbons (Fsp3) is 0.190. The number of methoxy groups -OCH3 is 2. The lowest BCUT2D eigenvalue weighted by molar-refractivity contribution is -0.669. The van der Waals surface area contributed by atoms with Crippen molar-refractivity contribution < 1.29 is 14.0 Å². The van der Waals surface area contributed by atoms with Crippen molar-refractivity contribution in [1.82, 2.24) is 0 Å². The van der Waals surface area contributed by atoms with E-state index >= 15 is 0 Å². The number of aromatic nitrogens is 1. The lowest BCUT2D eigenvalue weighted by atomic mass is 10.1. The Morgan fingerprint density at radius 3 is 2.50 bits per heavy atom. The summed E-state index contributed by atoms with van der Waals surface area (Å²) in [4.78, 5) is 0. The summed E-state index contributed by atoms with van der Waals surface area (Å²) in [5.41, 5.74) is 3.38. The molecule has 3 aromatic rings. The molecule has 3 heteroatoms. The van der Waals surface area contributed by atoms with E-state index in [1.807, 2.05) is 18.2 Å². The number of para-hydroxylation sites is 1. The lowest BCUT2D eigenvalue weighted by Crippen LogP contribution is -2.36. The third kappa shape index (κ3) is 3.11. The molecule has 1 heterocycles. The third-order valence-corrected chi connectivity index (χ3v) is 4.16. The monoisotopic (exact) mass is 320 g/mol. The largest absolute Gasteiger partial charge is 0.497 e. The van der Waals surface area contributed by atoms with Gasteiger partial charge in [-0.2, -0.15) is 4.57 Å². The zero-order chi connectivity index (χ0) is 16.9. The summed E-state index contributed by atoms with van der Waals surface area (Å²) < 4.78 is 13.1. The van der Waals surface area contributed by atoms with E-state index in [-0.39, 0.29) is 0 Å². The molecule has 2 aromatic carbocycles. The summed E-state index contributed by atoms with van der Waals surface area (Å²) in [6, 6.07) is 18.5. The van der Waals surface area contributed by atoms with Crippen LogP contribution in [0.2, 0.25) is 0 Å². The van der Waals surface area contributed by atoms with E-state index in [1.54, 1.807) is 14.2 Å². The fourth-order valence-electron chi connectivity index (χ4n) is 2.92. The molecule has 3 rings (SSSR count). The van der Waals surface area contributed by atoms with Crippen LogP contribution in [-0.4, -0.2) is 14.2 Å². The number of pyridine rings is 1. The number of hydrogen-bond donors (Lipinski definition) is 0. The van der Waals surface area contributed by atoms with Crippen LogP contribution in [-0.2, 0) is 6.54 Å². The van der Waals surface area contributed by atoms with Crippen LogP contribution in [0.3, 0.4) is 0 Å². The minimum Gasteiger partial charge on any atom is -0.497 e. The molecule has 0 atom stereocenters. The summed E-state index contributed by atoms with van der Waals surface area (Å²) in [6.45, 7) is 3.08. The van der Waals surface area contributed by atoms with Crippen LogP contribution in [0.25, 0.3) is 23.1 Å². The maximum absolute atomic E-state index is 5.45. The first-order valence-electron chi connectivity index (χ1n) is 8.08. The molecule has 0 saturated heterocycles. The zero-order valence-corrected chi connectivity index (χ0v) is 14.3. The predicted molar refractivity (Wildman–Crippen MR) is 98.3 cm³/mol. The van der Waals surface area contributed by atoms with Gasteiger partial charge in [0.15, 0.2) is 0 Å². The fourth-order valence-corrected chi connectivity index (χ4v) is 2.92. The second kappa shape index (κ2) is 7.18. The molecule has 0 unspecified atom stereocenters. The van der Waals surface area contributed by atoms with Crippen molar-refractivity contribution in [2.24, 2.45) is 0 Å². The summed E-state index contributed by atoms with van der Waals surface area (Å²) in [5, 5.41) is 1.25. The lowest BCUT2D eigenvalue weighted by Gasteiger charge is -2.07. The molecule has 0 aliphatic heterocycles. The quantitative estimate of drug-likeness (QED) is 0.653. The molecule has 1 aromatic heterocycles. The molecule has 0 bridgehead atoms. The first kappa shape index (κ1) is 16.1. The van der Waals surface area contributed by atoms with Gasteiger partial charge in [-0.15, -0.1) is 0 Å². The molecule has 24 heavy (non-hydrogen) atoms. The molecule has 0 saturated carbocycles. The van der Waals surface area contributed by atoms with Crippen LogP contribution in [0.15, 0.2) is 54.6 Å². The Balaban J connectivity index is 2.05. The van der Waals surface area contributed by atoms with Gasteiger partial charge in [-0.1, -0.05) is 12.1 Å². The summed E-state index contributed by atoms with van der Waals surface area (Å²) in [5.74, 6) is 1.65. The standard InChI is InChI=1S/C21H22NO2/c1-4-22-18(11-9-16-7-5-6-8-20(16)22)12-10-17-15-19(23-2)13-14-21(17)24-3/h5-15H,4H2,1-3H3/q+1/b12-10+. The van der Waals surface area contributed by atoms with Crippen LogP contribution >= 0.6 is 0 Å². The van der Waals surface area contributed by atoms with E-state index in [4.69, 9.17) is 9.47 Å². The smallest absolute Gasteiger partial charge is 0.212 e. The Labute approximate surface area is 142 Å². The maximum atomic E-state index is 5.45. The van der Waals surface area contributed by atoms with E-state index in [1.165, 1.54) is 10.9 Å². The molecular formula is C21H22NO2+. The van der Waals surface area contributed by atoms with Crippen LogP contribution < -0.4 is 14.0 Å². The van der Waals surface area contributed by atoms with Crippen molar-refractivity contribution in [1.29, 1.82) is 0 Å². The van der Waals surface area contributed by atoms with Crippen molar-refractivity contribution in [3.05, 3.63) is 65.9 Å². The van der Waals surface area contributed by atoms with E-state index in [0.29, 0.717) is 0 Å². The highest BCUT2D eigenvalue weighted by atomic mass is 16.5. The van der Waals surface area contributed by atoms with Gasteiger partial charge >= 0.3 is 0 Å². The number of aryl methyl sites for hydroxylation is 1. The van der Waals surface area contributed by atoms with Crippen LogP contribution in [0.5, 0.6) is 11.5 Å². The molecule has 3 nitrogen and oxygen atoms in total. The van der Waals surface area contributed by atoms with Gasteiger partial charge in [0.05, 0.1) is 14.2 Å². The van der Waals surface area contributed by atoms with Crippen molar-refractivity contribution in [2.75, 3.05) is 14.2 Å². The van der Waals surface area contributed by atoms with E-state index in [9.17, 15) is 0 Å². The topological polar surface area (TPSA) is 22.3 Å². The third-order valence-electron chi connectivity index (χ3n) is 4.16. The minimum absolute atomic E-state index is 0.817. The van der Waals surface area contributed by atoms with Gasteiger partial charge in [-0.05, 0) is 43.3 Å². The molecule has 0 aliphatic carbocycles.